The topological polar surface area (TPSA) is 18.5 Å². The van der Waals surface area contributed by atoms with Crippen molar-refractivity contribution >= 4 is 0 Å². The van der Waals surface area contributed by atoms with Crippen LogP contribution in [0.4, 0.5) is 4.39 Å². The summed E-state index contributed by atoms with van der Waals surface area (Å²) < 4.78 is 22.7. The van der Waals surface area contributed by atoms with Gasteiger partial charge in [-0.3, -0.25) is 0 Å². The molecular formula is C9H10FO2. The highest BCUT2D eigenvalue weighted by molar-refractivity contribution is 5.33. The zero-order valence-electron chi connectivity index (χ0n) is 7.06. The summed E-state index contributed by atoms with van der Waals surface area (Å²) in [5.74, 6) is 0.231. The quantitative estimate of drug-likeness (QED) is 0.689. The molecule has 0 amide bonds. The van der Waals surface area contributed by atoms with Crippen LogP contribution in [-0.2, 0) is 0 Å². The second-order valence-corrected chi connectivity index (χ2v) is 2.15. The number of ether oxygens (including phenoxy) is 2. The van der Waals surface area contributed by atoms with E-state index in [9.17, 15) is 4.39 Å². The Morgan fingerprint density at radius 1 is 1.58 bits per heavy atom. The van der Waals surface area contributed by atoms with Gasteiger partial charge in [-0.2, -0.15) is 0 Å². The van der Waals surface area contributed by atoms with E-state index in [-0.39, 0.29) is 5.75 Å². The molecule has 0 N–H and O–H groups in total. The summed E-state index contributed by atoms with van der Waals surface area (Å²) in [6.07, 6.45) is 0. The van der Waals surface area contributed by atoms with Crippen LogP contribution in [0.15, 0.2) is 12.1 Å². The number of hydrogen-bond donors (Lipinski definition) is 0. The minimum atomic E-state index is -0.488. The van der Waals surface area contributed by atoms with Gasteiger partial charge in [-0.15, -0.1) is 0 Å². The third kappa shape index (κ3) is 1.87. The van der Waals surface area contributed by atoms with Crippen molar-refractivity contribution in [3.63, 3.8) is 0 Å². The Balaban J connectivity index is 2.91. The third-order valence-corrected chi connectivity index (χ3v) is 1.37. The highest BCUT2D eigenvalue weighted by Gasteiger charge is 2.03. The van der Waals surface area contributed by atoms with E-state index >= 15 is 0 Å². The van der Waals surface area contributed by atoms with Gasteiger partial charge in [-0.05, 0) is 13.0 Å². The lowest BCUT2D eigenvalue weighted by molar-refractivity contribution is 0.317. The molecule has 0 unspecified atom stereocenters. The molecule has 2 nitrogen and oxygen atoms in total. The molecule has 0 aliphatic carbocycles. The maximum atomic E-state index is 12.9. The zero-order valence-corrected chi connectivity index (χ0v) is 7.06. The molecule has 0 aliphatic rings. The maximum Gasteiger partial charge on any atom is 0.173 e. The van der Waals surface area contributed by atoms with E-state index in [1.165, 1.54) is 19.2 Å². The van der Waals surface area contributed by atoms with Crippen molar-refractivity contribution in [2.45, 2.75) is 6.92 Å². The Bertz CT molecular complexity index is 261. The summed E-state index contributed by atoms with van der Waals surface area (Å²) in [4.78, 5) is 0. The van der Waals surface area contributed by atoms with Gasteiger partial charge in [0.15, 0.2) is 11.6 Å². The fourth-order valence-electron chi connectivity index (χ4n) is 0.818. The minimum absolute atomic E-state index is 0.178. The van der Waals surface area contributed by atoms with Crippen molar-refractivity contribution in [1.82, 2.24) is 0 Å². The Morgan fingerprint density at radius 2 is 2.33 bits per heavy atom. The van der Waals surface area contributed by atoms with Crippen molar-refractivity contribution in [3.05, 3.63) is 24.0 Å². The van der Waals surface area contributed by atoms with Gasteiger partial charge in [0.2, 0.25) is 0 Å². The number of benzene rings is 1. The van der Waals surface area contributed by atoms with Crippen molar-refractivity contribution in [2.24, 2.45) is 0 Å². The molecule has 0 saturated carbocycles. The molecule has 1 aromatic rings. The first kappa shape index (κ1) is 8.84. The van der Waals surface area contributed by atoms with E-state index in [0.29, 0.717) is 12.4 Å². The predicted molar refractivity (Wildman–Crippen MR) is 43.0 cm³/mol. The highest BCUT2D eigenvalue weighted by Crippen LogP contribution is 2.22. The van der Waals surface area contributed by atoms with Gasteiger partial charge in [0.25, 0.3) is 0 Å². The van der Waals surface area contributed by atoms with E-state index in [4.69, 9.17) is 9.47 Å². The van der Waals surface area contributed by atoms with Crippen LogP contribution in [0.3, 0.4) is 0 Å². The lowest BCUT2D eigenvalue weighted by Gasteiger charge is -2.05. The zero-order chi connectivity index (χ0) is 8.97. The Hall–Kier alpha value is -1.25. The largest absolute Gasteiger partial charge is 0.497 e. The summed E-state index contributed by atoms with van der Waals surface area (Å²) in [7, 11) is 1.51. The Kier molecular flexibility index (Phi) is 2.91. The van der Waals surface area contributed by atoms with Crippen LogP contribution >= 0.6 is 0 Å². The van der Waals surface area contributed by atoms with Crippen LogP contribution in [0.2, 0.25) is 0 Å². The van der Waals surface area contributed by atoms with E-state index in [1.54, 1.807) is 6.92 Å². The SMILES string of the molecule is CCOc1cc(OC)c[c]c1F. The first-order valence-corrected chi connectivity index (χ1v) is 3.66. The molecule has 65 valence electrons. The summed E-state index contributed by atoms with van der Waals surface area (Å²) >= 11 is 0. The summed E-state index contributed by atoms with van der Waals surface area (Å²) in [6.45, 7) is 2.22. The molecule has 0 bridgehead atoms. The molecule has 12 heavy (non-hydrogen) atoms. The summed E-state index contributed by atoms with van der Waals surface area (Å²) in [6, 6.07) is 5.31. The van der Waals surface area contributed by atoms with Crippen LogP contribution in [0.1, 0.15) is 6.92 Å². The van der Waals surface area contributed by atoms with E-state index in [2.05, 4.69) is 6.07 Å². The third-order valence-electron chi connectivity index (χ3n) is 1.37. The van der Waals surface area contributed by atoms with Gasteiger partial charge in [-0.25, -0.2) is 4.39 Å². The number of methoxy groups -OCH3 is 1. The van der Waals surface area contributed by atoms with Crippen molar-refractivity contribution in [3.8, 4) is 11.5 Å². The van der Waals surface area contributed by atoms with Gasteiger partial charge in [0.05, 0.1) is 13.7 Å². The molecule has 0 atom stereocenters. The van der Waals surface area contributed by atoms with Crippen molar-refractivity contribution in [2.75, 3.05) is 13.7 Å². The summed E-state index contributed by atoms with van der Waals surface area (Å²) in [5.41, 5.74) is 0. The fourth-order valence-corrected chi connectivity index (χ4v) is 0.818. The molecule has 0 spiro atoms. The first-order chi connectivity index (χ1) is 5.77. The normalized spacial score (nSPS) is 9.58. The molecule has 1 radical (unpaired) electrons. The van der Waals surface area contributed by atoms with E-state index in [1.807, 2.05) is 0 Å². The predicted octanol–water partition coefficient (Wildman–Crippen LogP) is 2.03. The molecule has 3 heteroatoms. The molecule has 0 heterocycles. The van der Waals surface area contributed by atoms with Crippen LogP contribution in [0.5, 0.6) is 11.5 Å². The average Bonchev–Trinajstić information content (AvgIpc) is 2.09. The molecule has 0 aromatic heterocycles. The molecular weight excluding hydrogens is 159 g/mol. The molecule has 1 aromatic carbocycles. The Labute approximate surface area is 70.9 Å². The number of rotatable bonds is 3. The van der Waals surface area contributed by atoms with Crippen LogP contribution < -0.4 is 9.47 Å². The molecule has 0 saturated heterocycles. The maximum absolute atomic E-state index is 12.9. The van der Waals surface area contributed by atoms with Gasteiger partial charge in [0.1, 0.15) is 5.75 Å². The smallest absolute Gasteiger partial charge is 0.173 e. The molecule has 0 fully saturated rings. The van der Waals surface area contributed by atoms with Crippen molar-refractivity contribution < 1.29 is 13.9 Å². The minimum Gasteiger partial charge on any atom is -0.497 e. The lowest BCUT2D eigenvalue weighted by Crippen LogP contribution is -1.95. The number of hydrogen-bond acceptors (Lipinski definition) is 2. The van der Waals surface area contributed by atoms with Crippen LogP contribution in [-0.4, -0.2) is 13.7 Å². The molecule has 0 aliphatic heterocycles. The highest BCUT2D eigenvalue weighted by atomic mass is 19.1. The second-order valence-electron chi connectivity index (χ2n) is 2.15. The van der Waals surface area contributed by atoms with E-state index < -0.39 is 5.82 Å². The monoisotopic (exact) mass is 169 g/mol. The van der Waals surface area contributed by atoms with Crippen molar-refractivity contribution in [1.29, 1.82) is 0 Å². The Morgan fingerprint density at radius 3 is 2.92 bits per heavy atom. The first-order valence-electron chi connectivity index (χ1n) is 3.66. The second kappa shape index (κ2) is 3.95. The van der Waals surface area contributed by atoms with Gasteiger partial charge >= 0.3 is 0 Å². The molecule has 1 rings (SSSR count). The fraction of sp³-hybridized carbons (Fsp3) is 0.333. The van der Waals surface area contributed by atoms with Gasteiger partial charge in [-0.1, -0.05) is 0 Å². The lowest BCUT2D eigenvalue weighted by atomic mass is 10.3. The van der Waals surface area contributed by atoms with Gasteiger partial charge in [0, 0.05) is 12.1 Å². The van der Waals surface area contributed by atoms with Crippen LogP contribution in [0.25, 0.3) is 0 Å². The van der Waals surface area contributed by atoms with Gasteiger partial charge < -0.3 is 9.47 Å². The standard InChI is InChI=1S/C9H10FO2/c1-3-12-9-6-7(11-2)4-5-8(9)10/h4,6H,3H2,1-2H3. The number of halogens is 1. The summed E-state index contributed by atoms with van der Waals surface area (Å²) in [5, 5.41) is 0. The van der Waals surface area contributed by atoms with E-state index in [0.717, 1.165) is 0 Å². The van der Waals surface area contributed by atoms with Crippen LogP contribution in [0, 0.1) is 11.9 Å². The average molecular weight is 169 g/mol.